The lowest BCUT2D eigenvalue weighted by Crippen LogP contribution is -2.29. The van der Waals surface area contributed by atoms with Crippen LogP contribution in [-0.2, 0) is 11.3 Å². The average molecular weight is 331 g/mol. The van der Waals surface area contributed by atoms with Gasteiger partial charge in [-0.3, -0.25) is 4.90 Å². The molecule has 0 saturated carbocycles. The summed E-state index contributed by atoms with van der Waals surface area (Å²) in [6.45, 7) is 1.77. The first-order valence-electron chi connectivity index (χ1n) is 8.07. The SMILES string of the molecule is COC(=O)c1ccc(-c2noc(CN3CCC[C@H]3CCO)n2)cc1. The summed E-state index contributed by atoms with van der Waals surface area (Å²) >= 11 is 0. The largest absolute Gasteiger partial charge is 0.465 e. The number of esters is 1. The summed E-state index contributed by atoms with van der Waals surface area (Å²) in [7, 11) is 1.35. The van der Waals surface area contributed by atoms with Crippen molar-refractivity contribution >= 4 is 5.97 Å². The van der Waals surface area contributed by atoms with E-state index in [4.69, 9.17) is 9.63 Å². The highest BCUT2D eigenvalue weighted by Crippen LogP contribution is 2.23. The van der Waals surface area contributed by atoms with Crippen molar-refractivity contribution < 1.29 is 19.2 Å². The lowest BCUT2D eigenvalue weighted by Gasteiger charge is -2.21. The van der Waals surface area contributed by atoms with Crippen molar-refractivity contribution in [3.05, 3.63) is 35.7 Å². The standard InChI is InChI=1S/C17H21N3O4/c1-23-17(22)13-6-4-12(5-7-13)16-18-15(24-19-16)11-20-9-2-3-14(20)8-10-21/h4-7,14,21H,2-3,8-11H2,1H3/t14-/m0/s1. The molecule has 0 radical (unpaired) electrons. The highest BCUT2D eigenvalue weighted by atomic mass is 16.5. The maximum atomic E-state index is 11.4. The van der Waals surface area contributed by atoms with Crippen molar-refractivity contribution in [1.29, 1.82) is 0 Å². The van der Waals surface area contributed by atoms with Crippen LogP contribution in [0.5, 0.6) is 0 Å². The summed E-state index contributed by atoms with van der Waals surface area (Å²) in [5, 5.41) is 13.1. The van der Waals surface area contributed by atoms with Crippen LogP contribution in [0.25, 0.3) is 11.4 Å². The summed E-state index contributed by atoms with van der Waals surface area (Å²) in [5.41, 5.74) is 1.26. The average Bonchev–Trinajstić information content (AvgIpc) is 3.25. The molecule has 0 bridgehead atoms. The van der Waals surface area contributed by atoms with Gasteiger partial charge in [-0.15, -0.1) is 0 Å². The van der Waals surface area contributed by atoms with Crippen molar-refractivity contribution in [2.75, 3.05) is 20.3 Å². The van der Waals surface area contributed by atoms with Crippen LogP contribution in [0.1, 0.15) is 35.5 Å². The molecule has 1 aromatic heterocycles. The second-order valence-electron chi connectivity index (χ2n) is 5.86. The third kappa shape index (κ3) is 3.63. The Morgan fingerprint density at radius 3 is 2.92 bits per heavy atom. The Morgan fingerprint density at radius 1 is 1.42 bits per heavy atom. The van der Waals surface area contributed by atoms with E-state index in [-0.39, 0.29) is 12.6 Å². The lowest BCUT2D eigenvalue weighted by molar-refractivity contribution is 0.0600. The summed E-state index contributed by atoms with van der Waals surface area (Å²) in [6.07, 6.45) is 2.99. The topological polar surface area (TPSA) is 88.7 Å². The van der Waals surface area contributed by atoms with Crippen LogP contribution in [0.2, 0.25) is 0 Å². The number of aliphatic hydroxyl groups excluding tert-OH is 1. The third-order valence-electron chi connectivity index (χ3n) is 4.33. The van der Waals surface area contributed by atoms with Gasteiger partial charge >= 0.3 is 5.97 Å². The number of aromatic nitrogens is 2. The number of benzene rings is 1. The molecule has 0 spiro atoms. The molecular weight excluding hydrogens is 310 g/mol. The normalized spacial score (nSPS) is 18.0. The molecule has 2 aromatic rings. The molecule has 1 aliphatic heterocycles. The van der Waals surface area contributed by atoms with Crippen LogP contribution in [-0.4, -0.2) is 52.4 Å². The number of hydrogen-bond donors (Lipinski definition) is 1. The highest BCUT2D eigenvalue weighted by Gasteiger charge is 2.25. The predicted molar refractivity (Wildman–Crippen MR) is 86.2 cm³/mol. The molecule has 24 heavy (non-hydrogen) atoms. The summed E-state index contributed by atoms with van der Waals surface area (Å²) in [4.78, 5) is 18.2. The van der Waals surface area contributed by atoms with E-state index in [0.717, 1.165) is 31.4 Å². The van der Waals surface area contributed by atoms with Gasteiger partial charge in [-0.25, -0.2) is 4.79 Å². The van der Waals surface area contributed by atoms with Gasteiger partial charge in [0.1, 0.15) is 0 Å². The number of hydrogen-bond acceptors (Lipinski definition) is 7. The van der Waals surface area contributed by atoms with Crippen molar-refractivity contribution in [3.8, 4) is 11.4 Å². The number of rotatable bonds is 6. The molecule has 1 N–H and O–H groups in total. The third-order valence-corrected chi connectivity index (χ3v) is 4.33. The second kappa shape index (κ2) is 7.55. The second-order valence-corrected chi connectivity index (χ2v) is 5.86. The molecule has 0 unspecified atom stereocenters. The minimum Gasteiger partial charge on any atom is -0.465 e. The molecular formula is C17H21N3O4. The summed E-state index contributed by atoms with van der Waals surface area (Å²) in [6, 6.07) is 7.27. The van der Waals surface area contributed by atoms with E-state index in [1.54, 1.807) is 24.3 Å². The number of carbonyl (C=O) groups is 1. The molecule has 2 heterocycles. The first kappa shape index (κ1) is 16.6. The first-order valence-corrected chi connectivity index (χ1v) is 8.07. The van der Waals surface area contributed by atoms with Crippen molar-refractivity contribution in [2.24, 2.45) is 0 Å². The van der Waals surface area contributed by atoms with Crippen molar-refractivity contribution in [3.63, 3.8) is 0 Å². The molecule has 7 heteroatoms. The molecule has 7 nitrogen and oxygen atoms in total. The quantitative estimate of drug-likeness (QED) is 0.808. The monoisotopic (exact) mass is 331 g/mol. The molecule has 1 saturated heterocycles. The van der Waals surface area contributed by atoms with Gasteiger partial charge in [0.25, 0.3) is 0 Å². The van der Waals surface area contributed by atoms with Crippen LogP contribution in [0.3, 0.4) is 0 Å². The van der Waals surface area contributed by atoms with Gasteiger partial charge in [0.05, 0.1) is 19.2 Å². The number of nitrogens with zero attached hydrogens (tertiary/aromatic N) is 3. The zero-order chi connectivity index (χ0) is 16.9. The fourth-order valence-corrected chi connectivity index (χ4v) is 3.06. The Bertz CT molecular complexity index is 683. The van der Waals surface area contributed by atoms with Crippen LogP contribution in [0.15, 0.2) is 28.8 Å². The smallest absolute Gasteiger partial charge is 0.337 e. The Morgan fingerprint density at radius 2 is 2.21 bits per heavy atom. The lowest BCUT2D eigenvalue weighted by atomic mass is 10.1. The van der Waals surface area contributed by atoms with E-state index < -0.39 is 0 Å². The maximum absolute atomic E-state index is 11.4. The molecule has 3 rings (SSSR count). The Hall–Kier alpha value is -2.25. The van der Waals surface area contributed by atoms with Gasteiger partial charge in [-0.05, 0) is 37.9 Å². The minimum absolute atomic E-state index is 0.197. The number of methoxy groups -OCH3 is 1. The highest BCUT2D eigenvalue weighted by molar-refractivity contribution is 5.89. The number of carbonyl (C=O) groups excluding carboxylic acids is 1. The molecule has 1 aliphatic rings. The van der Waals surface area contributed by atoms with E-state index in [9.17, 15) is 4.79 Å². The van der Waals surface area contributed by atoms with Crippen LogP contribution < -0.4 is 0 Å². The number of ether oxygens (including phenoxy) is 1. The maximum Gasteiger partial charge on any atom is 0.337 e. The zero-order valence-corrected chi connectivity index (χ0v) is 13.6. The zero-order valence-electron chi connectivity index (χ0n) is 13.6. The molecule has 128 valence electrons. The molecule has 1 aromatic carbocycles. The molecule has 1 fully saturated rings. The Kier molecular flexibility index (Phi) is 5.22. The van der Waals surface area contributed by atoms with Gasteiger partial charge in [-0.2, -0.15) is 4.98 Å². The molecule has 1 atom stereocenters. The van der Waals surface area contributed by atoms with Crippen LogP contribution >= 0.6 is 0 Å². The van der Waals surface area contributed by atoms with Crippen LogP contribution in [0, 0.1) is 0 Å². The Balaban J connectivity index is 1.68. The van der Waals surface area contributed by atoms with Gasteiger partial charge in [-0.1, -0.05) is 17.3 Å². The van der Waals surface area contributed by atoms with E-state index >= 15 is 0 Å². The fourth-order valence-electron chi connectivity index (χ4n) is 3.06. The predicted octanol–water partition coefficient (Wildman–Crippen LogP) is 1.87. The number of aliphatic hydroxyl groups is 1. The van der Waals surface area contributed by atoms with Gasteiger partial charge in [0.2, 0.25) is 11.7 Å². The summed E-state index contributed by atoms with van der Waals surface area (Å²) in [5.74, 6) is 0.686. The van der Waals surface area contributed by atoms with Crippen LogP contribution in [0.4, 0.5) is 0 Å². The van der Waals surface area contributed by atoms with E-state index in [1.807, 2.05) is 0 Å². The Labute approximate surface area is 140 Å². The minimum atomic E-state index is -0.376. The first-order chi connectivity index (χ1) is 11.7. The van der Waals surface area contributed by atoms with Crippen molar-refractivity contribution in [1.82, 2.24) is 15.0 Å². The van der Waals surface area contributed by atoms with Gasteiger partial charge < -0.3 is 14.4 Å². The fraction of sp³-hybridized carbons (Fsp3) is 0.471. The summed E-state index contributed by atoms with van der Waals surface area (Å²) < 4.78 is 10.0. The van der Waals surface area contributed by atoms with Gasteiger partial charge in [0.15, 0.2) is 0 Å². The molecule has 0 amide bonds. The number of likely N-dealkylation sites (tertiary alicyclic amines) is 1. The van der Waals surface area contributed by atoms with Gasteiger partial charge in [0, 0.05) is 18.2 Å². The van der Waals surface area contributed by atoms with E-state index in [2.05, 4.69) is 19.8 Å². The van der Waals surface area contributed by atoms with E-state index in [1.165, 1.54) is 7.11 Å². The molecule has 0 aliphatic carbocycles. The van der Waals surface area contributed by atoms with E-state index in [0.29, 0.717) is 29.9 Å². The van der Waals surface area contributed by atoms with Crippen molar-refractivity contribution in [2.45, 2.75) is 31.8 Å².